The van der Waals surface area contributed by atoms with Crippen molar-refractivity contribution < 1.29 is 9.53 Å². The monoisotopic (exact) mass is 164 g/mol. The van der Waals surface area contributed by atoms with Crippen LogP contribution in [0, 0.1) is 11.3 Å². The smallest absolute Gasteiger partial charge is 0.325 e. The van der Waals surface area contributed by atoms with Gasteiger partial charge in [-0.2, -0.15) is 5.26 Å². The second kappa shape index (κ2) is 3.58. The van der Waals surface area contributed by atoms with E-state index in [-0.39, 0.29) is 12.5 Å². The molecular weight excluding hydrogens is 156 g/mol. The average Bonchev–Trinajstić information content (AvgIpc) is 2.51. The molecule has 0 fully saturated rings. The highest BCUT2D eigenvalue weighted by Crippen LogP contribution is 1.99. The summed E-state index contributed by atoms with van der Waals surface area (Å²) in [6.45, 7) is 0.0897. The highest BCUT2D eigenvalue weighted by atomic mass is 16.5. The number of carbonyl (C=O) groups excluding carboxylic acids is 1. The van der Waals surface area contributed by atoms with Crippen LogP contribution < -0.4 is 0 Å². The molecular formula is C8H8N2O2. The lowest BCUT2D eigenvalue weighted by Gasteiger charge is -2.01. The van der Waals surface area contributed by atoms with Crippen LogP contribution in [0.15, 0.2) is 18.3 Å². The van der Waals surface area contributed by atoms with Gasteiger partial charge >= 0.3 is 5.97 Å². The van der Waals surface area contributed by atoms with Gasteiger partial charge in [0.1, 0.15) is 18.3 Å². The maximum atomic E-state index is 10.8. The number of ether oxygens (including phenoxy) is 1. The molecule has 0 aromatic carbocycles. The van der Waals surface area contributed by atoms with Crippen molar-refractivity contribution in [2.24, 2.45) is 0 Å². The largest absolute Gasteiger partial charge is 0.468 e. The van der Waals surface area contributed by atoms with Gasteiger partial charge in [-0.15, -0.1) is 0 Å². The van der Waals surface area contributed by atoms with Crippen LogP contribution in [0.2, 0.25) is 0 Å². The van der Waals surface area contributed by atoms with Gasteiger partial charge in [-0.05, 0) is 12.1 Å². The molecule has 0 unspecified atom stereocenters. The van der Waals surface area contributed by atoms with Crippen LogP contribution in [-0.2, 0) is 16.1 Å². The van der Waals surface area contributed by atoms with Gasteiger partial charge in [-0.25, -0.2) is 0 Å². The maximum absolute atomic E-state index is 10.8. The number of aromatic nitrogens is 1. The Morgan fingerprint density at radius 3 is 3.17 bits per heavy atom. The fourth-order valence-corrected chi connectivity index (χ4v) is 0.857. The lowest BCUT2D eigenvalue weighted by molar-refractivity contribution is -0.141. The second-order valence-corrected chi connectivity index (χ2v) is 2.21. The third kappa shape index (κ3) is 1.64. The van der Waals surface area contributed by atoms with Gasteiger partial charge in [0, 0.05) is 6.20 Å². The molecule has 0 aliphatic rings. The zero-order valence-corrected chi connectivity index (χ0v) is 6.65. The van der Waals surface area contributed by atoms with Crippen molar-refractivity contribution in [3.63, 3.8) is 0 Å². The summed E-state index contributed by atoms with van der Waals surface area (Å²) in [5, 5.41) is 8.57. The fraction of sp³-hybridized carbons (Fsp3) is 0.250. The van der Waals surface area contributed by atoms with Crippen molar-refractivity contribution in [3.8, 4) is 6.07 Å². The summed E-state index contributed by atoms with van der Waals surface area (Å²) in [6, 6.07) is 5.31. The molecule has 1 heterocycles. The van der Waals surface area contributed by atoms with Crippen LogP contribution in [0.5, 0.6) is 0 Å². The molecule has 0 aliphatic carbocycles. The second-order valence-electron chi connectivity index (χ2n) is 2.21. The number of nitrogens with zero attached hydrogens (tertiary/aromatic N) is 2. The summed E-state index contributed by atoms with van der Waals surface area (Å²) < 4.78 is 5.99. The first kappa shape index (κ1) is 8.34. The number of carbonyl (C=O) groups is 1. The molecule has 62 valence electrons. The molecule has 0 bridgehead atoms. The molecule has 0 amide bonds. The lowest BCUT2D eigenvalue weighted by Crippen LogP contribution is -2.11. The van der Waals surface area contributed by atoms with E-state index in [0.29, 0.717) is 5.69 Å². The van der Waals surface area contributed by atoms with E-state index in [1.807, 2.05) is 6.07 Å². The molecule has 0 saturated carbocycles. The third-order valence-corrected chi connectivity index (χ3v) is 1.47. The predicted octanol–water partition coefficient (Wildman–Crippen LogP) is 0.533. The van der Waals surface area contributed by atoms with Gasteiger partial charge in [0.2, 0.25) is 0 Å². The van der Waals surface area contributed by atoms with Crippen molar-refractivity contribution in [1.82, 2.24) is 4.57 Å². The van der Waals surface area contributed by atoms with E-state index >= 15 is 0 Å². The molecule has 4 heteroatoms. The topological polar surface area (TPSA) is 55.0 Å². The molecule has 0 aliphatic heterocycles. The molecule has 1 rings (SSSR count). The summed E-state index contributed by atoms with van der Waals surface area (Å²) >= 11 is 0. The van der Waals surface area contributed by atoms with Crippen LogP contribution in [0.3, 0.4) is 0 Å². The van der Waals surface area contributed by atoms with E-state index in [1.54, 1.807) is 18.3 Å². The summed E-state index contributed by atoms with van der Waals surface area (Å²) in [7, 11) is 1.32. The standard InChI is InChI=1S/C8H8N2O2/c1-12-8(11)6-10-4-2-3-7(10)5-9/h2-4H,6H2,1H3. The van der Waals surface area contributed by atoms with E-state index in [4.69, 9.17) is 5.26 Å². The molecule has 0 spiro atoms. The third-order valence-electron chi connectivity index (χ3n) is 1.47. The first-order valence-corrected chi connectivity index (χ1v) is 3.40. The first-order chi connectivity index (χ1) is 5.77. The Bertz CT molecular complexity index is 322. The molecule has 0 N–H and O–H groups in total. The Hall–Kier alpha value is -1.76. The average molecular weight is 164 g/mol. The maximum Gasteiger partial charge on any atom is 0.325 e. The number of methoxy groups -OCH3 is 1. The van der Waals surface area contributed by atoms with Gasteiger partial charge in [0.15, 0.2) is 0 Å². The molecule has 4 nitrogen and oxygen atoms in total. The Morgan fingerprint density at radius 2 is 2.58 bits per heavy atom. The molecule has 0 radical (unpaired) electrons. The lowest BCUT2D eigenvalue weighted by atomic mass is 10.4. The van der Waals surface area contributed by atoms with E-state index in [0.717, 1.165) is 0 Å². The molecule has 0 atom stereocenters. The Labute approximate surface area is 70.0 Å². The molecule has 0 saturated heterocycles. The van der Waals surface area contributed by atoms with Gasteiger partial charge < -0.3 is 9.30 Å². The van der Waals surface area contributed by atoms with E-state index in [1.165, 1.54) is 11.7 Å². The summed E-state index contributed by atoms with van der Waals surface area (Å²) in [6.07, 6.45) is 1.66. The van der Waals surface area contributed by atoms with E-state index in [9.17, 15) is 4.79 Å². The molecule has 1 aromatic rings. The minimum absolute atomic E-state index is 0.0897. The highest BCUT2D eigenvalue weighted by Gasteiger charge is 2.04. The quantitative estimate of drug-likeness (QED) is 0.599. The van der Waals surface area contributed by atoms with Crippen molar-refractivity contribution in [2.75, 3.05) is 7.11 Å². The zero-order valence-electron chi connectivity index (χ0n) is 6.65. The van der Waals surface area contributed by atoms with Gasteiger partial charge in [0.05, 0.1) is 7.11 Å². The van der Waals surface area contributed by atoms with Crippen LogP contribution in [0.25, 0.3) is 0 Å². The van der Waals surface area contributed by atoms with Crippen molar-refractivity contribution in [3.05, 3.63) is 24.0 Å². The van der Waals surface area contributed by atoms with E-state index < -0.39 is 0 Å². The van der Waals surface area contributed by atoms with E-state index in [2.05, 4.69) is 4.74 Å². The number of nitriles is 1. The predicted molar refractivity (Wildman–Crippen MR) is 41.2 cm³/mol. The van der Waals surface area contributed by atoms with Crippen molar-refractivity contribution in [2.45, 2.75) is 6.54 Å². The number of rotatable bonds is 2. The van der Waals surface area contributed by atoms with Crippen LogP contribution in [0.1, 0.15) is 5.69 Å². The van der Waals surface area contributed by atoms with Crippen LogP contribution in [0.4, 0.5) is 0 Å². The summed E-state index contributed by atoms with van der Waals surface area (Å²) in [4.78, 5) is 10.8. The zero-order chi connectivity index (χ0) is 8.97. The van der Waals surface area contributed by atoms with Crippen molar-refractivity contribution >= 4 is 5.97 Å². The Morgan fingerprint density at radius 1 is 1.83 bits per heavy atom. The van der Waals surface area contributed by atoms with Crippen LogP contribution >= 0.6 is 0 Å². The van der Waals surface area contributed by atoms with Gasteiger partial charge in [0.25, 0.3) is 0 Å². The highest BCUT2D eigenvalue weighted by molar-refractivity contribution is 5.69. The van der Waals surface area contributed by atoms with Gasteiger partial charge in [-0.3, -0.25) is 4.79 Å². The van der Waals surface area contributed by atoms with Crippen molar-refractivity contribution in [1.29, 1.82) is 5.26 Å². The normalized spacial score (nSPS) is 9.00. The Balaban J connectivity index is 2.76. The molecule has 12 heavy (non-hydrogen) atoms. The molecule has 1 aromatic heterocycles. The first-order valence-electron chi connectivity index (χ1n) is 3.40. The summed E-state index contributed by atoms with van der Waals surface area (Å²) in [5.41, 5.74) is 0.459. The summed E-state index contributed by atoms with van der Waals surface area (Å²) in [5.74, 6) is -0.359. The van der Waals surface area contributed by atoms with Crippen LogP contribution in [-0.4, -0.2) is 17.6 Å². The number of esters is 1. The van der Waals surface area contributed by atoms with Gasteiger partial charge in [-0.1, -0.05) is 0 Å². The SMILES string of the molecule is COC(=O)Cn1cccc1C#N. The number of hydrogen-bond donors (Lipinski definition) is 0. The number of hydrogen-bond acceptors (Lipinski definition) is 3. The minimum Gasteiger partial charge on any atom is -0.468 e. The fourth-order valence-electron chi connectivity index (χ4n) is 0.857. The minimum atomic E-state index is -0.359. The Kier molecular flexibility index (Phi) is 2.49.